The molecule has 0 spiro atoms. The molecular weight excluding hydrogens is 496 g/mol. The third kappa shape index (κ3) is 36.4. The van der Waals surface area contributed by atoms with E-state index in [0.717, 1.165) is 12.8 Å². The molecule has 0 aliphatic heterocycles. The molecule has 0 fully saturated rings. The van der Waals surface area contributed by atoms with Crippen LogP contribution in [0.5, 0.6) is 0 Å². The van der Waals surface area contributed by atoms with Crippen LogP contribution in [0.2, 0.25) is 0 Å². The molecule has 0 radical (unpaired) electrons. The summed E-state index contributed by atoms with van der Waals surface area (Å²) in [6.45, 7) is 14.2. The molecule has 4 heteroatoms. The van der Waals surface area contributed by atoms with Crippen LogP contribution >= 0.6 is 0 Å². The average molecular weight is 565 g/mol. The summed E-state index contributed by atoms with van der Waals surface area (Å²) in [4.78, 5) is 21.9. The Labute approximate surface area is 250 Å². The van der Waals surface area contributed by atoms with E-state index in [9.17, 15) is 9.59 Å². The van der Waals surface area contributed by atoms with Gasteiger partial charge in [-0.05, 0) is 19.8 Å². The van der Waals surface area contributed by atoms with Crippen LogP contribution in [0.1, 0.15) is 181 Å². The maximum Gasteiger partial charge on any atom is 0.333 e. The first kappa shape index (κ1) is 40.6. The Morgan fingerprint density at radius 1 is 0.500 bits per heavy atom. The first-order valence-corrected chi connectivity index (χ1v) is 17.1. The monoisotopic (exact) mass is 565 g/mol. The van der Waals surface area contributed by atoms with Gasteiger partial charge in [-0.3, -0.25) is 0 Å². The first-order chi connectivity index (χ1) is 19.5. The maximum absolute atomic E-state index is 11.1. The van der Waals surface area contributed by atoms with Gasteiger partial charge < -0.3 is 9.47 Å². The van der Waals surface area contributed by atoms with Crippen molar-refractivity contribution >= 4 is 11.9 Å². The highest BCUT2D eigenvalue weighted by Crippen LogP contribution is 2.13. The van der Waals surface area contributed by atoms with Gasteiger partial charge in [0, 0.05) is 11.6 Å². The molecule has 0 unspecified atom stereocenters. The smallest absolute Gasteiger partial charge is 0.333 e. The van der Waals surface area contributed by atoms with Gasteiger partial charge in [-0.2, -0.15) is 0 Å². The lowest BCUT2D eigenvalue weighted by Crippen LogP contribution is -2.05. The van der Waals surface area contributed by atoms with Crippen molar-refractivity contribution in [2.24, 2.45) is 0 Å². The average Bonchev–Trinajstić information content (AvgIpc) is 2.95. The molecule has 0 aromatic heterocycles. The van der Waals surface area contributed by atoms with Gasteiger partial charge in [0.15, 0.2) is 0 Å². The topological polar surface area (TPSA) is 52.6 Å². The summed E-state index contributed by atoms with van der Waals surface area (Å²) < 4.78 is 9.99. The van der Waals surface area contributed by atoms with E-state index in [1.165, 1.54) is 154 Å². The predicted octanol–water partition coefficient (Wildman–Crippen LogP) is 11.6. The van der Waals surface area contributed by atoms with Crippen LogP contribution in [0.15, 0.2) is 24.8 Å². The zero-order valence-electron chi connectivity index (χ0n) is 27.2. The molecule has 0 bridgehead atoms. The zero-order chi connectivity index (χ0) is 29.9. The summed E-state index contributed by atoms with van der Waals surface area (Å²) in [6.07, 6.45) is 34.4. The molecule has 0 heterocycles. The standard InChI is InChI=1S/2C18H34O2/c1-4-5-6-7-8-9-10-11-12-13-14-15-16-20-18(19)17(2)3;1-3-5-6-7-8-9-10-11-12-13-14-15-16-17-20-18(19)4-2/h2,4-16H2,1,3H3;4H,2-3,5-17H2,1H3. The van der Waals surface area contributed by atoms with Gasteiger partial charge in [-0.15, -0.1) is 0 Å². The van der Waals surface area contributed by atoms with Crippen LogP contribution in [-0.2, 0) is 19.1 Å². The lowest BCUT2D eigenvalue weighted by atomic mass is 10.0. The molecule has 4 nitrogen and oxygen atoms in total. The number of hydrogen-bond donors (Lipinski definition) is 0. The fourth-order valence-electron chi connectivity index (χ4n) is 4.58. The lowest BCUT2D eigenvalue weighted by molar-refractivity contribution is -0.139. The van der Waals surface area contributed by atoms with Crippen LogP contribution in [0.25, 0.3) is 0 Å². The van der Waals surface area contributed by atoms with Crippen molar-refractivity contribution < 1.29 is 19.1 Å². The summed E-state index contributed by atoms with van der Waals surface area (Å²) in [7, 11) is 0. The molecule has 0 aromatic carbocycles. The van der Waals surface area contributed by atoms with E-state index in [0.29, 0.717) is 18.8 Å². The second-order valence-electron chi connectivity index (χ2n) is 11.4. The number of unbranched alkanes of at least 4 members (excludes halogenated alkanes) is 23. The molecule has 0 atom stereocenters. The highest BCUT2D eigenvalue weighted by atomic mass is 16.5. The fraction of sp³-hybridized carbons (Fsp3) is 0.833. The zero-order valence-corrected chi connectivity index (χ0v) is 27.2. The number of carbonyl (C=O) groups is 2. The number of carbonyl (C=O) groups excluding carboxylic acids is 2. The Hall–Kier alpha value is -1.58. The SMILES string of the molecule is C=C(C)C(=O)OCCCCCCCCCCCCCC.C=CC(=O)OCCCCCCCCCCCCCCC. The minimum Gasteiger partial charge on any atom is -0.463 e. The van der Waals surface area contributed by atoms with E-state index in [1.54, 1.807) is 6.92 Å². The summed E-state index contributed by atoms with van der Waals surface area (Å²) in [5.41, 5.74) is 0.490. The van der Waals surface area contributed by atoms with Gasteiger partial charge in [0.2, 0.25) is 0 Å². The van der Waals surface area contributed by atoms with Crippen LogP contribution in [0, 0.1) is 0 Å². The Kier molecular flexibility index (Phi) is 35.9. The van der Waals surface area contributed by atoms with Gasteiger partial charge in [-0.25, -0.2) is 9.59 Å². The summed E-state index contributed by atoms with van der Waals surface area (Å²) in [5, 5.41) is 0. The quantitative estimate of drug-likeness (QED) is 0.0515. The molecular formula is C36H68O4. The Morgan fingerprint density at radius 3 is 1.05 bits per heavy atom. The number of hydrogen-bond acceptors (Lipinski definition) is 4. The highest BCUT2D eigenvalue weighted by molar-refractivity contribution is 5.86. The molecule has 0 saturated carbocycles. The first-order valence-electron chi connectivity index (χ1n) is 17.1. The molecule has 40 heavy (non-hydrogen) atoms. The van der Waals surface area contributed by atoms with Crippen molar-refractivity contribution in [3.05, 3.63) is 24.8 Å². The molecule has 0 saturated heterocycles. The minimum atomic E-state index is -0.302. The molecule has 0 amide bonds. The molecule has 0 N–H and O–H groups in total. The van der Waals surface area contributed by atoms with Crippen LogP contribution in [-0.4, -0.2) is 25.2 Å². The molecule has 0 aliphatic carbocycles. The van der Waals surface area contributed by atoms with Crippen molar-refractivity contribution in [2.75, 3.05) is 13.2 Å². The van der Waals surface area contributed by atoms with Crippen molar-refractivity contribution in [1.29, 1.82) is 0 Å². The third-order valence-corrected chi connectivity index (χ3v) is 7.24. The number of esters is 2. The fourth-order valence-corrected chi connectivity index (χ4v) is 4.58. The van der Waals surface area contributed by atoms with Gasteiger partial charge in [0.05, 0.1) is 13.2 Å². The van der Waals surface area contributed by atoms with Gasteiger partial charge >= 0.3 is 11.9 Å². The summed E-state index contributed by atoms with van der Waals surface area (Å²) in [5.74, 6) is -0.558. The lowest BCUT2D eigenvalue weighted by Gasteiger charge is -2.04. The van der Waals surface area contributed by atoms with Crippen molar-refractivity contribution in [2.45, 2.75) is 181 Å². The Bertz CT molecular complexity index is 567. The second kappa shape index (κ2) is 35.4. The van der Waals surface area contributed by atoms with Gasteiger partial charge in [0.1, 0.15) is 0 Å². The van der Waals surface area contributed by atoms with Crippen molar-refractivity contribution in [3.63, 3.8) is 0 Å². The maximum atomic E-state index is 11.1. The second-order valence-corrected chi connectivity index (χ2v) is 11.4. The summed E-state index contributed by atoms with van der Waals surface area (Å²) in [6, 6.07) is 0. The van der Waals surface area contributed by atoms with E-state index in [4.69, 9.17) is 9.47 Å². The van der Waals surface area contributed by atoms with Crippen molar-refractivity contribution in [3.8, 4) is 0 Å². The minimum absolute atomic E-state index is 0.256. The third-order valence-electron chi connectivity index (χ3n) is 7.24. The van der Waals surface area contributed by atoms with Crippen LogP contribution in [0.3, 0.4) is 0 Å². The molecule has 0 aliphatic rings. The summed E-state index contributed by atoms with van der Waals surface area (Å²) >= 11 is 0. The number of rotatable bonds is 29. The van der Waals surface area contributed by atoms with Crippen LogP contribution in [0.4, 0.5) is 0 Å². The molecule has 236 valence electrons. The van der Waals surface area contributed by atoms with E-state index >= 15 is 0 Å². The Balaban J connectivity index is 0. The van der Waals surface area contributed by atoms with Gasteiger partial charge in [0.25, 0.3) is 0 Å². The normalized spacial score (nSPS) is 10.5. The van der Waals surface area contributed by atoms with E-state index in [-0.39, 0.29) is 11.9 Å². The van der Waals surface area contributed by atoms with E-state index < -0.39 is 0 Å². The Morgan fingerprint density at radius 2 is 0.775 bits per heavy atom. The van der Waals surface area contributed by atoms with Crippen molar-refractivity contribution in [1.82, 2.24) is 0 Å². The van der Waals surface area contributed by atoms with E-state index in [2.05, 4.69) is 27.0 Å². The van der Waals surface area contributed by atoms with Gasteiger partial charge in [-0.1, -0.05) is 175 Å². The van der Waals surface area contributed by atoms with Crippen LogP contribution < -0.4 is 0 Å². The largest absolute Gasteiger partial charge is 0.463 e. The molecule has 0 aromatic rings. The van der Waals surface area contributed by atoms with E-state index in [1.807, 2.05) is 0 Å². The number of ether oxygens (including phenoxy) is 2. The molecule has 0 rings (SSSR count). The predicted molar refractivity (Wildman–Crippen MR) is 174 cm³/mol. The highest BCUT2D eigenvalue weighted by Gasteiger charge is 2.01.